The van der Waals surface area contributed by atoms with Crippen molar-refractivity contribution in [3.63, 3.8) is 0 Å². The molecule has 1 aliphatic heterocycles. The van der Waals surface area contributed by atoms with Crippen molar-refractivity contribution in [2.24, 2.45) is 5.92 Å². The van der Waals surface area contributed by atoms with E-state index in [1.165, 1.54) is 29.7 Å². The Bertz CT molecular complexity index is 439. The smallest absolute Gasteiger partial charge is 0.109 e. The quantitative estimate of drug-likeness (QED) is 0.789. The lowest BCUT2D eigenvalue weighted by Crippen LogP contribution is -2.49. The van der Waals surface area contributed by atoms with Crippen molar-refractivity contribution in [3.05, 3.63) is 34.1 Å². The van der Waals surface area contributed by atoms with Gasteiger partial charge in [-0.2, -0.15) is 0 Å². The maximum absolute atomic E-state index is 4.35. The Labute approximate surface area is 97.9 Å². The molecule has 0 unspecified atom stereocenters. The van der Waals surface area contributed by atoms with Crippen molar-refractivity contribution in [2.75, 3.05) is 6.54 Å². The third-order valence-corrected chi connectivity index (χ3v) is 4.20. The molecule has 3 heteroatoms. The molecule has 0 amide bonds. The molecule has 2 heterocycles. The van der Waals surface area contributed by atoms with Gasteiger partial charge in [0.2, 0.25) is 0 Å². The van der Waals surface area contributed by atoms with Crippen LogP contribution in [-0.2, 0) is 0 Å². The zero-order chi connectivity index (χ0) is 10.4. The summed E-state index contributed by atoms with van der Waals surface area (Å²) in [7, 11) is 0. The summed E-state index contributed by atoms with van der Waals surface area (Å²) in [6.45, 7) is 3.26. The first-order chi connectivity index (χ1) is 7.24. The topological polar surface area (TPSA) is 24.9 Å². The number of nitrogens with zero attached hydrogens (tertiary/aromatic N) is 1. The molecule has 15 heavy (non-hydrogen) atoms. The predicted molar refractivity (Wildman–Crippen MR) is 64.5 cm³/mol. The Hall–Kier alpha value is -0.670. The first-order valence-electron chi connectivity index (χ1n) is 5.30. The van der Waals surface area contributed by atoms with E-state index in [9.17, 15) is 0 Å². The number of pyridine rings is 1. The zero-order valence-corrected chi connectivity index (χ0v) is 10.2. The zero-order valence-electron chi connectivity index (χ0n) is 8.63. The van der Waals surface area contributed by atoms with E-state index in [-0.39, 0.29) is 0 Å². The molecule has 0 saturated carbocycles. The highest BCUT2D eigenvalue weighted by molar-refractivity contribution is 9.10. The van der Waals surface area contributed by atoms with E-state index < -0.39 is 0 Å². The van der Waals surface area contributed by atoms with Crippen molar-refractivity contribution in [3.8, 4) is 0 Å². The second-order valence-corrected chi connectivity index (χ2v) is 5.17. The first-order valence-corrected chi connectivity index (χ1v) is 6.10. The maximum Gasteiger partial charge on any atom is 0.109 e. The van der Waals surface area contributed by atoms with Crippen LogP contribution in [0.4, 0.5) is 0 Å². The molecule has 1 N–H and O–H groups in total. The normalized spacial score (nSPS) is 28.3. The molecule has 1 aromatic rings. The fraction of sp³-hybridized carbons (Fsp3) is 0.417. The van der Waals surface area contributed by atoms with Crippen molar-refractivity contribution < 1.29 is 0 Å². The van der Waals surface area contributed by atoms with Gasteiger partial charge in [0, 0.05) is 18.8 Å². The number of hydrogen-bond donors (Lipinski definition) is 1. The monoisotopic (exact) mass is 264 g/mol. The minimum atomic E-state index is 0.629. The number of aromatic nitrogens is 1. The highest BCUT2D eigenvalue weighted by Crippen LogP contribution is 2.36. The molecular formula is C12H13BrN2. The summed E-state index contributed by atoms with van der Waals surface area (Å²) in [6.07, 6.45) is 5.53. The van der Waals surface area contributed by atoms with Crippen molar-refractivity contribution in [1.29, 1.82) is 0 Å². The van der Waals surface area contributed by atoms with E-state index in [4.69, 9.17) is 0 Å². The fourth-order valence-electron chi connectivity index (χ4n) is 2.33. The number of rotatable bonds is 1. The van der Waals surface area contributed by atoms with Crippen LogP contribution >= 0.6 is 15.9 Å². The van der Waals surface area contributed by atoms with Crippen LogP contribution in [0.25, 0.3) is 5.57 Å². The summed E-state index contributed by atoms with van der Waals surface area (Å²) in [5, 5.41) is 3.43. The molecule has 0 aromatic carbocycles. The van der Waals surface area contributed by atoms with Crippen LogP contribution in [0, 0.1) is 12.8 Å². The van der Waals surface area contributed by atoms with Crippen molar-refractivity contribution in [1.82, 2.24) is 10.3 Å². The summed E-state index contributed by atoms with van der Waals surface area (Å²) in [4.78, 5) is 4.35. The molecule has 2 aliphatic rings. The predicted octanol–water partition coefficient (Wildman–Crippen LogP) is 2.53. The third-order valence-electron chi connectivity index (χ3n) is 3.37. The van der Waals surface area contributed by atoms with Gasteiger partial charge in [0.1, 0.15) is 4.60 Å². The van der Waals surface area contributed by atoms with Crippen molar-refractivity contribution in [2.45, 2.75) is 19.4 Å². The molecule has 0 spiro atoms. The Morgan fingerprint density at radius 2 is 2.40 bits per heavy atom. The van der Waals surface area contributed by atoms with Gasteiger partial charge in [-0.15, -0.1) is 0 Å². The number of allylic oxidation sites excluding steroid dienone is 1. The summed E-state index contributed by atoms with van der Waals surface area (Å²) in [6, 6.07) is 2.84. The Kier molecular flexibility index (Phi) is 2.18. The van der Waals surface area contributed by atoms with Gasteiger partial charge in [-0.3, -0.25) is 0 Å². The first kappa shape index (κ1) is 9.55. The summed E-state index contributed by atoms with van der Waals surface area (Å²) < 4.78 is 0.950. The lowest BCUT2D eigenvalue weighted by atomic mass is 9.93. The van der Waals surface area contributed by atoms with Gasteiger partial charge in [0.05, 0.1) is 0 Å². The van der Waals surface area contributed by atoms with Gasteiger partial charge in [0.25, 0.3) is 0 Å². The van der Waals surface area contributed by atoms with Gasteiger partial charge in [-0.1, -0.05) is 6.08 Å². The second kappa shape index (κ2) is 3.42. The van der Waals surface area contributed by atoms with Crippen LogP contribution in [0.3, 0.4) is 0 Å². The number of aryl methyl sites for hydroxylation is 1. The average Bonchev–Trinajstić information content (AvgIpc) is 2.48. The van der Waals surface area contributed by atoms with E-state index in [0.29, 0.717) is 6.04 Å². The van der Waals surface area contributed by atoms with Gasteiger partial charge < -0.3 is 5.32 Å². The van der Waals surface area contributed by atoms with Crippen LogP contribution in [0.2, 0.25) is 0 Å². The summed E-state index contributed by atoms with van der Waals surface area (Å²) in [5.41, 5.74) is 3.95. The minimum absolute atomic E-state index is 0.629. The van der Waals surface area contributed by atoms with Crippen LogP contribution in [-0.4, -0.2) is 17.6 Å². The maximum atomic E-state index is 4.35. The molecule has 2 nitrogen and oxygen atoms in total. The largest absolute Gasteiger partial charge is 0.310 e. The van der Waals surface area contributed by atoms with Crippen molar-refractivity contribution >= 4 is 21.5 Å². The third kappa shape index (κ3) is 1.54. The molecule has 1 aliphatic carbocycles. The second-order valence-electron chi connectivity index (χ2n) is 4.42. The summed E-state index contributed by atoms with van der Waals surface area (Å²) in [5.74, 6) is 0.837. The molecule has 78 valence electrons. The molecule has 0 radical (unpaired) electrons. The lowest BCUT2D eigenvalue weighted by Gasteiger charge is -2.31. The lowest BCUT2D eigenvalue weighted by molar-refractivity contribution is 0.301. The Morgan fingerprint density at radius 3 is 2.93 bits per heavy atom. The molecule has 3 rings (SSSR count). The Balaban J connectivity index is 1.93. The van der Waals surface area contributed by atoms with Gasteiger partial charge in [-0.25, -0.2) is 4.98 Å². The number of halogens is 1. The van der Waals surface area contributed by atoms with Gasteiger partial charge in [-0.05, 0) is 58.0 Å². The molecule has 1 saturated heterocycles. The average molecular weight is 265 g/mol. The summed E-state index contributed by atoms with van der Waals surface area (Å²) >= 11 is 3.43. The standard InChI is InChI=1S/C12H13BrN2/c1-7-2-9(5-15-12(7)13)8-3-10-6-14-11(10)4-8/h2,4-5,10-11,14H,3,6H2,1H3/t10-,11-/m0/s1. The van der Waals surface area contributed by atoms with Crippen LogP contribution in [0.1, 0.15) is 17.5 Å². The highest BCUT2D eigenvalue weighted by Gasteiger charge is 2.34. The highest BCUT2D eigenvalue weighted by atomic mass is 79.9. The van der Waals surface area contributed by atoms with Gasteiger partial charge in [0.15, 0.2) is 0 Å². The number of nitrogens with one attached hydrogen (secondary N) is 1. The minimum Gasteiger partial charge on any atom is -0.310 e. The molecular weight excluding hydrogens is 252 g/mol. The van der Waals surface area contributed by atoms with Gasteiger partial charge >= 0.3 is 0 Å². The molecule has 2 atom stereocenters. The van der Waals surface area contributed by atoms with E-state index in [1.54, 1.807) is 0 Å². The number of hydrogen-bond acceptors (Lipinski definition) is 2. The van der Waals surface area contributed by atoms with E-state index in [1.807, 2.05) is 6.20 Å². The van der Waals surface area contributed by atoms with Crippen LogP contribution < -0.4 is 5.32 Å². The molecule has 1 aromatic heterocycles. The van der Waals surface area contributed by atoms with E-state index in [0.717, 1.165) is 10.5 Å². The van der Waals surface area contributed by atoms with Crippen LogP contribution in [0.15, 0.2) is 22.9 Å². The SMILES string of the molecule is Cc1cc(C2=C[C@@H]3NC[C@@H]3C2)cnc1Br. The van der Waals surface area contributed by atoms with E-state index >= 15 is 0 Å². The fourth-order valence-corrected chi connectivity index (χ4v) is 2.55. The molecule has 1 fully saturated rings. The Morgan fingerprint density at radius 1 is 1.53 bits per heavy atom. The van der Waals surface area contributed by atoms with Crippen LogP contribution in [0.5, 0.6) is 0 Å². The molecule has 0 bridgehead atoms. The number of fused-ring (bicyclic) bond motifs is 1. The van der Waals surface area contributed by atoms with E-state index in [2.05, 4.69) is 45.3 Å².